The Morgan fingerprint density at radius 1 is 0.970 bits per heavy atom. The van der Waals surface area contributed by atoms with E-state index in [0.29, 0.717) is 12.7 Å². The summed E-state index contributed by atoms with van der Waals surface area (Å²) in [5.41, 5.74) is 0. The maximum atomic E-state index is 12.7. The minimum atomic E-state index is -1.39. The maximum absolute atomic E-state index is 12.7. The molecule has 186 valence electrons. The molecule has 0 aromatic heterocycles. The van der Waals surface area contributed by atoms with E-state index in [1.54, 1.807) is 20.8 Å². The number of nitrogens with one attached hydrogen (secondary N) is 6. The van der Waals surface area contributed by atoms with Crippen LogP contribution in [-0.4, -0.2) is 78.0 Å². The SMILES string of the molecule is CC[C@H](C)[C@H](NC(=O)C(CO)NC(=O)[C@@H](NC(=O)NC1NC1=O)C(C)C)C(=O)NC(C)C=O. The molecular formula is C20H34N6O7. The molecule has 3 unspecified atom stereocenters. The number of amides is 6. The molecule has 0 aromatic carbocycles. The van der Waals surface area contributed by atoms with Gasteiger partial charge in [-0.2, -0.15) is 0 Å². The van der Waals surface area contributed by atoms with Crippen molar-refractivity contribution in [3.8, 4) is 0 Å². The van der Waals surface area contributed by atoms with Gasteiger partial charge in [0, 0.05) is 0 Å². The van der Waals surface area contributed by atoms with E-state index in [1.165, 1.54) is 6.92 Å². The molecule has 0 saturated carbocycles. The average Bonchev–Trinajstić information content (AvgIpc) is 3.46. The van der Waals surface area contributed by atoms with Gasteiger partial charge in [-0.3, -0.25) is 19.2 Å². The van der Waals surface area contributed by atoms with Crippen molar-refractivity contribution in [2.75, 3.05) is 6.61 Å². The van der Waals surface area contributed by atoms with E-state index in [1.807, 2.05) is 6.92 Å². The van der Waals surface area contributed by atoms with Crippen LogP contribution in [0.2, 0.25) is 0 Å². The molecule has 0 spiro atoms. The number of aldehydes is 1. The quantitative estimate of drug-likeness (QED) is 0.113. The van der Waals surface area contributed by atoms with Crippen LogP contribution in [0.25, 0.3) is 0 Å². The fourth-order valence-corrected chi connectivity index (χ4v) is 2.81. The van der Waals surface area contributed by atoms with E-state index in [2.05, 4.69) is 31.9 Å². The highest BCUT2D eigenvalue weighted by Gasteiger charge is 2.37. The maximum Gasteiger partial charge on any atom is 0.317 e. The van der Waals surface area contributed by atoms with Crippen LogP contribution >= 0.6 is 0 Å². The molecular weight excluding hydrogens is 436 g/mol. The summed E-state index contributed by atoms with van der Waals surface area (Å²) in [6.07, 6.45) is 0.285. The van der Waals surface area contributed by atoms with E-state index in [4.69, 9.17) is 0 Å². The summed E-state index contributed by atoms with van der Waals surface area (Å²) < 4.78 is 0. The van der Waals surface area contributed by atoms with Gasteiger partial charge in [0.2, 0.25) is 17.7 Å². The van der Waals surface area contributed by atoms with E-state index < -0.39 is 60.7 Å². The number of urea groups is 1. The van der Waals surface area contributed by atoms with Crippen molar-refractivity contribution in [3.05, 3.63) is 0 Å². The molecule has 13 nitrogen and oxygen atoms in total. The first-order valence-corrected chi connectivity index (χ1v) is 10.8. The molecule has 0 aromatic rings. The Hall–Kier alpha value is -3.22. The summed E-state index contributed by atoms with van der Waals surface area (Å²) in [7, 11) is 0. The lowest BCUT2D eigenvalue weighted by molar-refractivity contribution is -0.134. The zero-order chi connectivity index (χ0) is 25.3. The Bertz CT molecular complexity index is 759. The molecule has 1 fully saturated rings. The topological polar surface area (TPSA) is 205 Å². The van der Waals surface area contributed by atoms with E-state index in [9.17, 15) is 33.9 Å². The summed E-state index contributed by atoms with van der Waals surface area (Å²) >= 11 is 0. The Kier molecular flexibility index (Phi) is 10.7. The standard InChI is InChI=1S/C20H34N6O7/c1-6-10(4)14(18(31)21-11(5)7-27)23-16(29)12(8-28)22-17(30)13(9(2)3)24-20(33)26-15-19(32)25-15/h7,9-15,28H,6,8H2,1-5H3,(H,21,31)(H,22,30)(H,23,29)(H,25,32)(H2,24,26,33)/t10-,11?,12?,13-,14-,15?/m0/s1. The third-order valence-corrected chi connectivity index (χ3v) is 5.16. The first-order chi connectivity index (χ1) is 15.4. The van der Waals surface area contributed by atoms with Crippen LogP contribution in [0.4, 0.5) is 4.79 Å². The normalized spacial score (nSPS) is 19.1. The monoisotopic (exact) mass is 470 g/mol. The van der Waals surface area contributed by atoms with Gasteiger partial charge in [0.1, 0.15) is 24.4 Å². The molecule has 7 N–H and O–H groups in total. The van der Waals surface area contributed by atoms with Crippen LogP contribution in [0, 0.1) is 11.8 Å². The second-order valence-corrected chi connectivity index (χ2v) is 8.33. The molecule has 1 rings (SSSR count). The second-order valence-electron chi connectivity index (χ2n) is 8.33. The summed E-state index contributed by atoms with van der Waals surface area (Å²) in [5.74, 6) is -3.13. The smallest absolute Gasteiger partial charge is 0.317 e. The van der Waals surface area contributed by atoms with Crippen LogP contribution in [0.15, 0.2) is 0 Å². The Morgan fingerprint density at radius 3 is 2.00 bits per heavy atom. The van der Waals surface area contributed by atoms with Crippen molar-refractivity contribution in [2.24, 2.45) is 11.8 Å². The number of hydrogen-bond donors (Lipinski definition) is 7. The molecule has 1 aliphatic rings. The van der Waals surface area contributed by atoms with Crippen LogP contribution < -0.4 is 31.9 Å². The van der Waals surface area contributed by atoms with Crippen LogP contribution in [0.1, 0.15) is 41.0 Å². The number of hydrogen-bond acceptors (Lipinski definition) is 7. The summed E-state index contributed by atoms with van der Waals surface area (Å²) in [4.78, 5) is 71.7. The van der Waals surface area contributed by atoms with Crippen LogP contribution in [0.3, 0.4) is 0 Å². The van der Waals surface area contributed by atoms with Crippen molar-refractivity contribution in [1.29, 1.82) is 0 Å². The number of aliphatic hydroxyl groups excluding tert-OH is 1. The molecule has 13 heteroatoms. The van der Waals surface area contributed by atoms with Gasteiger partial charge in [0.15, 0.2) is 6.17 Å². The first kappa shape index (κ1) is 27.8. The van der Waals surface area contributed by atoms with Gasteiger partial charge < -0.3 is 41.8 Å². The molecule has 0 aliphatic carbocycles. The summed E-state index contributed by atoms with van der Waals surface area (Å²) in [5, 5.41) is 24.1. The van der Waals surface area contributed by atoms with Crippen LogP contribution in [0.5, 0.6) is 0 Å². The number of rotatable bonds is 13. The minimum Gasteiger partial charge on any atom is -0.394 e. The third kappa shape index (κ3) is 8.67. The molecule has 0 radical (unpaired) electrons. The van der Waals surface area contributed by atoms with E-state index in [0.717, 1.165) is 0 Å². The van der Waals surface area contributed by atoms with Gasteiger partial charge in [-0.25, -0.2) is 4.79 Å². The predicted molar refractivity (Wildman–Crippen MR) is 116 cm³/mol. The second kappa shape index (κ2) is 12.7. The predicted octanol–water partition coefficient (Wildman–Crippen LogP) is -2.52. The highest BCUT2D eigenvalue weighted by atomic mass is 16.3. The van der Waals surface area contributed by atoms with Gasteiger partial charge >= 0.3 is 6.03 Å². The minimum absolute atomic E-state index is 0.296. The molecule has 6 atom stereocenters. The highest BCUT2D eigenvalue weighted by molar-refractivity contribution is 6.00. The third-order valence-electron chi connectivity index (χ3n) is 5.16. The van der Waals surface area contributed by atoms with Gasteiger partial charge in [0.25, 0.3) is 5.91 Å². The molecule has 33 heavy (non-hydrogen) atoms. The zero-order valence-corrected chi connectivity index (χ0v) is 19.4. The van der Waals surface area contributed by atoms with Gasteiger partial charge in [-0.05, 0) is 18.8 Å². The lowest BCUT2D eigenvalue weighted by Crippen LogP contribution is -2.60. The van der Waals surface area contributed by atoms with Crippen molar-refractivity contribution in [2.45, 2.75) is 71.4 Å². The molecule has 6 amide bonds. The zero-order valence-electron chi connectivity index (χ0n) is 19.4. The van der Waals surface area contributed by atoms with E-state index >= 15 is 0 Å². The average molecular weight is 471 g/mol. The lowest BCUT2D eigenvalue weighted by Gasteiger charge is -2.28. The number of carbonyl (C=O) groups excluding carboxylic acids is 6. The Labute approximate surface area is 192 Å². The van der Waals surface area contributed by atoms with Crippen molar-refractivity contribution < 1.29 is 33.9 Å². The van der Waals surface area contributed by atoms with Gasteiger partial charge in [-0.1, -0.05) is 34.1 Å². The highest BCUT2D eigenvalue weighted by Crippen LogP contribution is 2.09. The van der Waals surface area contributed by atoms with Gasteiger partial charge in [0.05, 0.1) is 12.6 Å². The molecule has 1 aliphatic heterocycles. The van der Waals surface area contributed by atoms with Crippen molar-refractivity contribution in [3.63, 3.8) is 0 Å². The van der Waals surface area contributed by atoms with Crippen molar-refractivity contribution >= 4 is 35.9 Å². The fourth-order valence-electron chi connectivity index (χ4n) is 2.81. The summed E-state index contributed by atoms with van der Waals surface area (Å²) in [6, 6.07) is -4.96. The molecule has 1 saturated heterocycles. The first-order valence-electron chi connectivity index (χ1n) is 10.8. The lowest BCUT2D eigenvalue weighted by atomic mass is 9.97. The number of carbonyl (C=O) groups is 6. The Balaban J connectivity index is 2.82. The largest absolute Gasteiger partial charge is 0.394 e. The van der Waals surface area contributed by atoms with E-state index in [-0.39, 0.29) is 17.7 Å². The molecule has 1 heterocycles. The summed E-state index contributed by atoms with van der Waals surface area (Å²) in [6.45, 7) is 7.61. The Morgan fingerprint density at radius 2 is 1.55 bits per heavy atom. The van der Waals surface area contributed by atoms with Crippen LogP contribution in [-0.2, 0) is 24.0 Å². The number of aliphatic hydroxyl groups is 1. The fraction of sp³-hybridized carbons (Fsp3) is 0.700. The van der Waals surface area contributed by atoms with Crippen molar-refractivity contribution in [1.82, 2.24) is 31.9 Å². The van der Waals surface area contributed by atoms with Gasteiger partial charge in [-0.15, -0.1) is 0 Å². The molecule has 0 bridgehead atoms.